The molecule has 2 aromatic rings. The number of aromatic nitrogens is 2. The highest BCUT2D eigenvalue weighted by molar-refractivity contribution is 6.30. The first-order valence-electron chi connectivity index (χ1n) is 8.37. The van der Waals surface area contributed by atoms with Gasteiger partial charge in [-0.3, -0.25) is 23.9 Å². The number of aryl methyl sites for hydroxylation is 1. The van der Waals surface area contributed by atoms with Gasteiger partial charge in [-0.1, -0.05) is 11.6 Å². The lowest BCUT2D eigenvalue weighted by molar-refractivity contribution is -0.142. The van der Waals surface area contributed by atoms with E-state index in [-0.39, 0.29) is 18.8 Å². The smallest absolute Gasteiger partial charge is 0.329 e. The molecule has 150 valence electrons. The van der Waals surface area contributed by atoms with Gasteiger partial charge in [0.15, 0.2) is 6.61 Å². The first-order chi connectivity index (χ1) is 13.2. The zero-order valence-electron chi connectivity index (χ0n) is 15.4. The van der Waals surface area contributed by atoms with Crippen molar-refractivity contribution in [3.8, 4) is 5.75 Å². The van der Waals surface area contributed by atoms with E-state index in [2.05, 4.69) is 0 Å². The Morgan fingerprint density at radius 2 is 2.00 bits per heavy atom. The van der Waals surface area contributed by atoms with Gasteiger partial charge in [-0.2, -0.15) is 0 Å². The Bertz CT molecular complexity index is 1010. The van der Waals surface area contributed by atoms with Crippen molar-refractivity contribution in [3.63, 3.8) is 0 Å². The molecule has 0 amide bonds. The van der Waals surface area contributed by atoms with Gasteiger partial charge >= 0.3 is 11.7 Å². The molecule has 0 saturated carbocycles. The molecular weight excluding hydrogens is 390 g/mol. The van der Waals surface area contributed by atoms with E-state index in [1.165, 1.54) is 7.05 Å². The minimum Gasteiger partial charge on any atom is -0.493 e. The molecule has 3 N–H and O–H groups in total. The molecule has 0 bridgehead atoms. The monoisotopic (exact) mass is 409 g/mol. The van der Waals surface area contributed by atoms with Crippen molar-refractivity contribution in [1.29, 1.82) is 0 Å². The number of rotatable bonds is 8. The second kappa shape index (κ2) is 9.23. The lowest BCUT2D eigenvalue weighted by atomic mass is 10.2. The van der Waals surface area contributed by atoms with E-state index in [1.54, 1.807) is 18.2 Å². The van der Waals surface area contributed by atoms with Crippen LogP contribution in [0.5, 0.6) is 5.75 Å². The van der Waals surface area contributed by atoms with Crippen LogP contribution in [-0.4, -0.2) is 34.5 Å². The number of ether oxygens (including phenoxy) is 2. The normalized spacial score (nSPS) is 10.5. The Hall–Kier alpha value is -3.07. The summed E-state index contributed by atoms with van der Waals surface area (Å²) in [5, 5.41) is 0.607. The third kappa shape index (κ3) is 5.23. The minimum atomic E-state index is -0.923. The first kappa shape index (κ1) is 21.2. The van der Waals surface area contributed by atoms with Crippen LogP contribution in [0.3, 0.4) is 0 Å². The summed E-state index contributed by atoms with van der Waals surface area (Å²) in [4.78, 5) is 49.0. The number of Topliss-reactive ketones (excluding diaryl/α,β-unsaturated/α-hetero) is 1. The largest absolute Gasteiger partial charge is 0.493 e. The number of carbonyl (C=O) groups is 2. The summed E-state index contributed by atoms with van der Waals surface area (Å²) in [5.41, 5.74) is 4.41. The van der Waals surface area contributed by atoms with E-state index in [0.29, 0.717) is 17.2 Å². The highest BCUT2D eigenvalue weighted by Gasteiger charge is 2.19. The molecule has 2 rings (SSSR count). The second-order valence-corrected chi connectivity index (χ2v) is 6.46. The van der Waals surface area contributed by atoms with Crippen LogP contribution >= 0.6 is 11.6 Å². The van der Waals surface area contributed by atoms with E-state index in [4.69, 9.17) is 26.8 Å². The maximum atomic E-state index is 12.1. The summed E-state index contributed by atoms with van der Waals surface area (Å²) in [6.07, 6.45) is 0.399. The quantitative estimate of drug-likeness (QED) is 0.380. The molecule has 0 unspecified atom stereocenters. The minimum absolute atomic E-state index is 0.0268. The van der Waals surface area contributed by atoms with Crippen molar-refractivity contribution in [3.05, 3.63) is 55.2 Å². The van der Waals surface area contributed by atoms with Crippen LogP contribution in [0.4, 0.5) is 5.82 Å². The topological polar surface area (TPSA) is 133 Å². The predicted molar refractivity (Wildman–Crippen MR) is 103 cm³/mol. The third-order valence-corrected chi connectivity index (χ3v) is 4.17. The number of hydrogen-bond acceptors (Lipinski definition) is 7. The van der Waals surface area contributed by atoms with Crippen molar-refractivity contribution < 1.29 is 19.1 Å². The van der Waals surface area contributed by atoms with Crippen LogP contribution in [0.2, 0.25) is 5.02 Å². The summed E-state index contributed by atoms with van der Waals surface area (Å²) in [7, 11) is 1.30. The standard InChI is InChI=1S/C18H20ClN3O6/c1-10-8-11(19)5-6-13(10)27-7-3-4-14(24)28-9-12(23)15-16(20)22(2)18(26)21-17(15)25/h5-6,8H,3-4,7,9,20H2,1-2H3,(H,21,25,26). The van der Waals surface area contributed by atoms with Gasteiger partial charge in [0.2, 0.25) is 5.78 Å². The summed E-state index contributed by atoms with van der Waals surface area (Å²) in [6, 6.07) is 5.21. The molecule has 0 aliphatic carbocycles. The maximum Gasteiger partial charge on any atom is 0.329 e. The molecule has 9 nitrogen and oxygen atoms in total. The number of carbonyl (C=O) groups excluding carboxylic acids is 2. The van der Waals surface area contributed by atoms with Gasteiger partial charge in [0.1, 0.15) is 17.1 Å². The molecule has 1 aromatic heterocycles. The summed E-state index contributed by atoms with van der Waals surface area (Å²) in [5.74, 6) is -1.04. The van der Waals surface area contributed by atoms with Crippen LogP contribution in [0, 0.1) is 6.92 Å². The van der Waals surface area contributed by atoms with E-state index in [9.17, 15) is 19.2 Å². The Balaban J connectivity index is 1.81. The zero-order chi connectivity index (χ0) is 20.8. The molecule has 0 fully saturated rings. The number of esters is 1. The fourth-order valence-corrected chi connectivity index (χ4v) is 2.60. The van der Waals surface area contributed by atoms with Gasteiger partial charge in [-0.15, -0.1) is 0 Å². The average molecular weight is 410 g/mol. The Morgan fingerprint density at radius 3 is 2.68 bits per heavy atom. The molecule has 0 aliphatic rings. The fourth-order valence-electron chi connectivity index (χ4n) is 2.37. The molecule has 0 atom stereocenters. The number of nitrogen functional groups attached to an aromatic ring is 1. The number of anilines is 1. The number of hydrogen-bond donors (Lipinski definition) is 2. The average Bonchev–Trinajstić information content (AvgIpc) is 2.63. The van der Waals surface area contributed by atoms with Crippen LogP contribution < -0.4 is 21.7 Å². The molecular formula is C18H20ClN3O6. The van der Waals surface area contributed by atoms with Crippen molar-refractivity contribution in [2.75, 3.05) is 18.9 Å². The van der Waals surface area contributed by atoms with E-state index >= 15 is 0 Å². The van der Waals surface area contributed by atoms with Gasteiger partial charge in [-0.25, -0.2) is 4.79 Å². The van der Waals surface area contributed by atoms with Gasteiger partial charge in [-0.05, 0) is 37.1 Å². The van der Waals surface area contributed by atoms with Gasteiger partial charge in [0.05, 0.1) is 6.61 Å². The number of benzene rings is 1. The first-order valence-corrected chi connectivity index (χ1v) is 8.75. The Morgan fingerprint density at radius 1 is 1.29 bits per heavy atom. The van der Waals surface area contributed by atoms with Crippen LogP contribution in [0.15, 0.2) is 27.8 Å². The predicted octanol–water partition coefficient (Wildman–Crippen LogP) is 1.20. The van der Waals surface area contributed by atoms with E-state index in [1.807, 2.05) is 11.9 Å². The number of ketones is 1. The van der Waals surface area contributed by atoms with Crippen molar-refractivity contribution in [1.82, 2.24) is 9.55 Å². The molecule has 0 spiro atoms. The number of aromatic amines is 1. The summed E-state index contributed by atoms with van der Waals surface area (Å²) < 4.78 is 11.4. The lowest BCUT2D eigenvalue weighted by Gasteiger charge is -2.10. The van der Waals surface area contributed by atoms with Gasteiger partial charge < -0.3 is 15.2 Å². The summed E-state index contributed by atoms with van der Waals surface area (Å²) >= 11 is 5.87. The van der Waals surface area contributed by atoms with Gasteiger partial charge in [0.25, 0.3) is 5.56 Å². The number of halogens is 1. The number of H-pyrrole nitrogens is 1. The Labute approximate surface area is 165 Å². The van der Waals surface area contributed by atoms with Crippen molar-refractivity contribution >= 4 is 29.2 Å². The second-order valence-electron chi connectivity index (χ2n) is 6.02. The summed E-state index contributed by atoms with van der Waals surface area (Å²) in [6.45, 7) is 1.48. The zero-order valence-corrected chi connectivity index (χ0v) is 16.2. The highest BCUT2D eigenvalue weighted by atomic mass is 35.5. The molecule has 0 saturated heterocycles. The number of nitrogens with zero attached hydrogens (tertiary/aromatic N) is 1. The van der Waals surface area contributed by atoms with Gasteiger partial charge in [0, 0.05) is 18.5 Å². The van der Waals surface area contributed by atoms with Crippen LogP contribution in [0.25, 0.3) is 0 Å². The fraction of sp³-hybridized carbons (Fsp3) is 0.333. The van der Waals surface area contributed by atoms with Crippen molar-refractivity contribution in [2.45, 2.75) is 19.8 Å². The van der Waals surface area contributed by atoms with E-state index in [0.717, 1.165) is 10.1 Å². The number of nitrogens with two attached hydrogens (primary N) is 1. The SMILES string of the molecule is Cc1cc(Cl)ccc1OCCCC(=O)OCC(=O)c1c(N)n(C)c(=O)[nH]c1=O. The molecule has 1 aromatic carbocycles. The third-order valence-electron chi connectivity index (χ3n) is 3.93. The van der Waals surface area contributed by atoms with Crippen molar-refractivity contribution in [2.24, 2.45) is 7.05 Å². The number of nitrogens with one attached hydrogen (secondary N) is 1. The van der Waals surface area contributed by atoms with E-state index < -0.39 is 35.2 Å². The maximum absolute atomic E-state index is 12.1. The highest BCUT2D eigenvalue weighted by Crippen LogP contribution is 2.21. The van der Waals surface area contributed by atoms with Crippen LogP contribution in [-0.2, 0) is 16.6 Å². The Kier molecular flexibility index (Phi) is 7.00. The molecule has 0 aliphatic heterocycles. The molecule has 1 heterocycles. The van der Waals surface area contributed by atoms with Crippen LogP contribution in [0.1, 0.15) is 28.8 Å². The lowest BCUT2D eigenvalue weighted by Crippen LogP contribution is -2.35. The molecule has 28 heavy (non-hydrogen) atoms. The molecule has 10 heteroatoms. The molecule has 0 radical (unpaired) electrons.